The van der Waals surface area contributed by atoms with Gasteiger partial charge in [0.25, 0.3) is 11.8 Å². The average Bonchev–Trinajstić information content (AvgIpc) is 3.27. The zero-order chi connectivity index (χ0) is 16.8. The topological polar surface area (TPSA) is 93.7 Å². The van der Waals surface area contributed by atoms with Crippen molar-refractivity contribution in [2.75, 3.05) is 13.2 Å². The minimum Gasteiger partial charge on any atom is -0.484 e. The summed E-state index contributed by atoms with van der Waals surface area (Å²) < 4.78 is 11.0. The molecule has 2 N–H and O–H groups in total. The van der Waals surface area contributed by atoms with Gasteiger partial charge in [0.1, 0.15) is 5.75 Å². The van der Waals surface area contributed by atoms with Crippen LogP contribution in [0.1, 0.15) is 13.3 Å². The Labute approximate surface area is 141 Å². The van der Waals surface area contributed by atoms with Crippen LogP contribution in [0.15, 0.2) is 28.7 Å². The van der Waals surface area contributed by atoms with Crippen molar-refractivity contribution in [1.82, 2.24) is 10.9 Å². The van der Waals surface area contributed by atoms with Gasteiger partial charge >= 0.3 is 5.97 Å². The van der Waals surface area contributed by atoms with Crippen LogP contribution in [-0.2, 0) is 19.1 Å². The van der Waals surface area contributed by atoms with Gasteiger partial charge in [-0.25, -0.2) is 0 Å². The molecule has 2 amide bonds. The number of rotatable bonds is 6. The zero-order valence-electron chi connectivity index (χ0n) is 12.5. The Bertz CT molecular complexity index is 590. The molecule has 1 saturated carbocycles. The highest BCUT2D eigenvalue weighted by molar-refractivity contribution is 9.10. The SMILES string of the molecule is C[C@H]1C[C@@H]1C(=O)OCC(=O)NNC(=O)COc1ccc(Br)cc1. The van der Waals surface area contributed by atoms with Gasteiger partial charge < -0.3 is 9.47 Å². The van der Waals surface area contributed by atoms with Crippen LogP contribution < -0.4 is 15.6 Å². The second-order valence-corrected chi connectivity index (χ2v) is 6.18. The molecule has 8 heteroatoms. The number of amides is 2. The van der Waals surface area contributed by atoms with E-state index in [1.54, 1.807) is 24.3 Å². The maximum atomic E-state index is 11.5. The van der Waals surface area contributed by atoms with Crippen LogP contribution in [-0.4, -0.2) is 31.0 Å². The third-order valence-corrected chi connectivity index (χ3v) is 3.81. The molecule has 0 aromatic heterocycles. The number of nitrogens with one attached hydrogen (secondary N) is 2. The largest absolute Gasteiger partial charge is 0.484 e. The van der Waals surface area contributed by atoms with Gasteiger partial charge in [-0.3, -0.25) is 25.2 Å². The first-order chi connectivity index (χ1) is 11.0. The molecule has 23 heavy (non-hydrogen) atoms. The minimum atomic E-state index is -0.608. The molecule has 0 saturated heterocycles. The average molecular weight is 385 g/mol. The van der Waals surface area contributed by atoms with Gasteiger partial charge in [-0.05, 0) is 36.6 Å². The lowest BCUT2D eigenvalue weighted by Gasteiger charge is -2.09. The highest BCUT2D eigenvalue weighted by atomic mass is 79.9. The first-order valence-electron chi connectivity index (χ1n) is 7.08. The Morgan fingerprint density at radius 1 is 1.13 bits per heavy atom. The van der Waals surface area contributed by atoms with E-state index < -0.39 is 18.4 Å². The Morgan fingerprint density at radius 2 is 1.70 bits per heavy atom. The molecule has 2 rings (SSSR count). The van der Waals surface area contributed by atoms with Crippen molar-refractivity contribution in [2.45, 2.75) is 13.3 Å². The fourth-order valence-corrected chi connectivity index (χ4v) is 2.05. The number of carbonyl (C=O) groups excluding carboxylic acids is 3. The molecule has 1 aliphatic carbocycles. The van der Waals surface area contributed by atoms with E-state index in [2.05, 4.69) is 26.8 Å². The molecule has 0 unspecified atom stereocenters. The van der Waals surface area contributed by atoms with Gasteiger partial charge in [0.2, 0.25) is 0 Å². The smallest absolute Gasteiger partial charge is 0.309 e. The second-order valence-electron chi connectivity index (χ2n) is 5.27. The zero-order valence-corrected chi connectivity index (χ0v) is 14.1. The molecule has 1 fully saturated rings. The van der Waals surface area contributed by atoms with Crippen LogP contribution in [0, 0.1) is 11.8 Å². The van der Waals surface area contributed by atoms with Crippen LogP contribution in [0.5, 0.6) is 5.75 Å². The molecular formula is C15H17BrN2O5. The predicted molar refractivity (Wildman–Crippen MR) is 84.2 cm³/mol. The fraction of sp³-hybridized carbons (Fsp3) is 0.400. The van der Waals surface area contributed by atoms with Crippen molar-refractivity contribution in [3.05, 3.63) is 28.7 Å². The lowest BCUT2D eigenvalue weighted by molar-refractivity contribution is -0.150. The van der Waals surface area contributed by atoms with E-state index in [1.165, 1.54) is 0 Å². The van der Waals surface area contributed by atoms with Crippen molar-refractivity contribution in [3.8, 4) is 5.75 Å². The quantitative estimate of drug-likeness (QED) is 0.567. The van der Waals surface area contributed by atoms with Crippen molar-refractivity contribution in [2.24, 2.45) is 11.8 Å². The number of hydrogen-bond acceptors (Lipinski definition) is 5. The summed E-state index contributed by atoms with van der Waals surface area (Å²) in [6.45, 7) is 1.27. The summed E-state index contributed by atoms with van der Waals surface area (Å²) in [5.74, 6) is -0.760. The molecule has 0 bridgehead atoms. The van der Waals surface area contributed by atoms with E-state index >= 15 is 0 Å². The summed E-state index contributed by atoms with van der Waals surface area (Å²) in [7, 11) is 0. The molecule has 0 aliphatic heterocycles. The number of benzene rings is 1. The molecule has 7 nitrogen and oxygen atoms in total. The number of halogens is 1. The second kappa shape index (κ2) is 7.96. The standard InChI is InChI=1S/C15H17BrN2O5/c1-9-6-12(9)15(21)23-8-14(20)18-17-13(19)7-22-11-4-2-10(16)3-5-11/h2-5,9,12H,6-8H2,1H3,(H,17,19)(H,18,20)/t9-,12-/m0/s1. The highest BCUT2D eigenvalue weighted by Gasteiger charge is 2.40. The Morgan fingerprint density at radius 3 is 2.26 bits per heavy atom. The molecule has 1 aliphatic rings. The van der Waals surface area contributed by atoms with Crippen LogP contribution in [0.4, 0.5) is 0 Å². The van der Waals surface area contributed by atoms with Crippen molar-refractivity contribution in [3.63, 3.8) is 0 Å². The number of carbonyl (C=O) groups is 3. The first-order valence-corrected chi connectivity index (χ1v) is 7.87. The summed E-state index contributed by atoms with van der Waals surface area (Å²) in [5, 5.41) is 0. The third kappa shape index (κ3) is 5.90. The van der Waals surface area contributed by atoms with Crippen LogP contribution in [0.2, 0.25) is 0 Å². The van der Waals surface area contributed by atoms with E-state index in [9.17, 15) is 14.4 Å². The number of hydrogen-bond donors (Lipinski definition) is 2. The van der Waals surface area contributed by atoms with Gasteiger partial charge in [-0.15, -0.1) is 0 Å². The Hall–Kier alpha value is -2.09. The van der Waals surface area contributed by atoms with Crippen LogP contribution >= 0.6 is 15.9 Å². The van der Waals surface area contributed by atoms with Crippen LogP contribution in [0.25, 0.3) is 0 Å². The summed E-state index contributed by atoms with van der Waals surface area (Å²) >= 11 is 3.29. The van der Waals surface area contributed by atoms with E-state index in [4.69, 9.17) is 9.47 Å². The molecular weight excluding hydrogens is 368 g/mol. The van der Waals surface area contributed by atoms with Crippen molar-refractivity contribution in [1.29, 1.82) is 0 Å². The van der Waals surface area contributed by atoms with Gasteiger partial charge in [-0.1, -0.05) is 22.9 Å². The normalized spacial score (nSPS) is 18.7. The third-order valence-electron chi connectivity index (χ3n) is 3.28. The Kier molecular flexibility index (Phi) is 5.97. The maximum Gasteiger partial charge on any atom is 0.309 e. The lowest BCUT2D eigenvalue weighted by Crippen LogP contribution is -2.45. The predicted octanol–water partition coefficient (Wildman–Crippen LogP) is 1.17. The number of esters is 1. The van der Waals surface area contributed by atoms with E-state index in [-0.39, 0.29) is 18.5 Å². The molecule has 0 heterocycles. The fourth-order valence-electron chi connectivity index (χ4n) is 1.79. The maximum absolute atomic E-state index is 11.5. The van der Waals surface area contributed by atoms with Gasteiger partial charge in [0, 0.05) is 4.47 Å². The van der Waals surface area contributed by atoms with E-state index in [1.807, 2.05) is 6.92 Å². The van der Waals surface area contributed by atoms with Gasteiger partial charge in [0.05, 0.1) is 5.92 Å². The monoisotopic (exact) mass is 384 g/mol. The number of ether oxygens (including phenoxy) is 2. The van der Waals surface area contributed by atoms with Crippen molar-refractivity contribution >= 4 is 33.7 Å². The highest BCUT2D eigenvalue weighted by Crippen LogP contribution is 2.38. The molecule has 1 aromatic rings. The number of hydrazine groups is 1. The molecule has 0 spiro atoms. The lowest BCUT2D eigenvalue weighted by atomic mass is 10.3. The molecule has 2 atom stereocenters. The minimum absolute atomic E-state index is 0.100. The molecule has 1 aromatic carbocycles. The molecule has 0 radical (unpaired) electrons. The Balaban J connectivity index is 1.59. The van der Waals surface area contributed by atoms with Crippen LogP contribution in [0.3, 0.4) is 0 Å². The van der Waals surface area contributed by atoms with Gasteiger partial charge in [-0.2, -0.15) is 0 Å². The summed E-state index contributed by atoms with van der Waals surface area (Å²) in [5.41, 5.74) is 4.33. The van der Waals surface area contributed by atoms with E-state index in [0.29, 0.717) is 11.7 Å². The van der Waals surface area contributed by atoms with Crippen molar-refractivity contribution < 1.29 is 23.9 Å². The summed E-state index contributed by atoms with van der Waals surface area (Å²) in [4.78, 5) is 34.4. The summed E-state index contributed by atoms with van der Waals surface area (Å²) in [6, 6.07) is 6.97. The van der Waals surface area contributed by atoms with E-state index in [0.717, 1.165) is 10.9 Å². The summed E-state index contributed by atoms with van der Waals surface area (Å²) in [6.07, 6.45) is 0.796. The molecule has 124 valence electrons. The van der Waals surface area contributed by atoms with Gasteiger partial charge in [0.15, 0.2) is 13.2 Å². The first kappa shape index (κ1) is 17.3.